The molecule has 138 valence electrons. The van der Waals surface area contributed by atoms with Crippen molar-refractivity contribution in [3.63, 3.8) is 0 Å². The first-order valence-electron chi connectivity index (χ1n) is 8.51. The lowest BCUT2D eigenvalue weighted by atomic mass is 10.2. The SMILES string of the molecule is CC(C)(C)[Si](C)(C)OCc1cc(=O)c(O[Si](C)(C)C(C)(C)C)co1. The predicted molar refractivity (Wildman–Crippen MR) is 105 cm³/mol. The Balaban J connectivity index is 2.89. The van der Waals surface area contributed by atoms with Crippen molar-refractivity contribution in [1.29, 1.82) is 0 Å². The third-order valence-electron chi connectivity index (χ3n) is 5.41. The van der Waals surface area contributed by atoms with Gasteiger partial charge < -0.3 is 13.3 Å². The van der Waals surface area contributed by atoms with Gasteiger partial charge in [-0.1, -0.05) is 41.5 Å². The molecule has 0 spiro atoms. The van der Waals surface area contributed by atoms with E-state index in [0.717, 1.165) is 0 Å². The number of hydrogen-bond acceptors (Lipinski definition) is 4. The van der Waals surface area contributed by atoms with Gasteiger partial charge in [0.15, 0.2) is 14.1 Å². The third-order valence-corrected chi connectivity index (χ3v) is 14.2. The maximum Gasteiger partial charge on any atom is 0.250 e. The van der Waals surface area contributed by atoms with Crippen LogP contribution in [0.4, 0.5) is 0 Å². The molecule has 0 aliphatic rings. The molecule has 0 unspecified atom stereocenters. The summed E-state index contributed by atoms with van der Waals surface area (Å²) in [6, 6.07) is 1.50. The largest absolute Gasteiger partial charge is 0.539 e. The van der Waals surface area contributed by atoms with E-state index in [9.17, 15) is 4.79 Å². The molecule has 0 fully saturated rings. The molecule has 0 aliphatic heterocycles. The summed E-state index contributed by atoms with van der Waals surface area (Å²) in [5.41, 5.74) is -0.139. The molecule has 0 saturated heterocycles. The molecule has 1 rings (SSSR count). The van der Waals surface area contributed by atoms with E-state index < -0.39 is 16.6 Å². The van der Waals surface area contributed by atoms with Crippen molar-refractivity contribution < 1.29 is 13.3 Å². The van der Waals surface area contributed by atoms with Crippen LogP contribution < -0.4 is 9.85 Å². The molecular formula is C18H34O4Si2. The predicted octanol–water partition coefficient (Wildman–Crippen LogP) is 5.55. The van der Waals surface area contributed by atoms with Crippen molar-refractivity contribution in [2.75, 3.05) is 0 Å². The molecule has 0 bridgehead atoms. The van der Waals surface area contributed by atoms with Crippen LogP contribution in [0.15, 0.2) is 21.5 Å². The second-order valence-electron chi connectivity index (χ2n) is 9.49. The fourth-order valence-corrected chi connectivity index (χ4v) is 3.43. The quantitative estimate of drug-likeness (QED) is 0.638. The normalized spacial score (nSPS) is 13.9. The van der Waals surface area contributed by atoms with Gasteiger partial charge in [-0.15, -0.1) is 0 Å². The van der Waals surface area contributed by atoms with E-state index in [1.807, 2.05) is 0 Å². The summed E-state index contributed by atoms with van der Waals surface area (Å²) in [5, 5.41) is 0.155. The van der Waals surface area contributed by atoms with Crippen LogP contribution in [0.3, 0.4) is 0 Å². The Morgan fingerprint density at radius 2 is 1.46 bits per heavy atom. The summed E-state index contributed by atoms with van der Waals surface area (Å²) >= 11 is 0. The molecule has 0 aliphatic carbocycles. The van der Waals surface area contributed by atoms with Crippen molar-refractivity contribution >= 4 is 16.6 Å². The Labute approximate surface area is 148 Å². The van der Waals surface area contributed by atoms with Gasteiger partial charge in [0.25, 0.3) is 8.32 Å². The lowest BCUT2D eigenvalue weighted by Gasteiger charge is -2.36. The zero-order valence-corrected chi connectivity index (χ0v) is 19.0. The van der Waals surface area contributed by atoms with Crippen molar-refractivity contribution in [2.45, 2.75) is 84.4 Å². The molecule has 4 nitrogen and oxygen atoms in total. The van der Waals surface area contributed by atoms with Gasteiger partial charge in [-0.05, 0) is 36.3 Å². The fourth-order valence-electron chi connectivity index (χ4n) is 1.48. The van der Waals surface area contributed by atoms with Crippen molar-refractivity contribution in [3.8, 4) is 5.75 Å². The molecule has 0 aromatic carbocycles. The zero-order valence-electron chi connectivity index (χ0n) is 17.0. The van der Waals surface area contributed by atoms with Crippen LogP contribution in [0, 0.1) is 0 Å². The Morgan fingerprint density at radius 1 is 0.958 bits per heavy atom. The fraction of sp³-hybridized carbons (Fsp3) is 0.722. The average molecular weight is 371 g/mol. The molecular weight excluding hydrogens is 336 g/mol. The summed E-state index contributed by atoms with van der Waals surface area (Å²) in [6.45, 7) is 21.9. The van der Waals surface area contributed by atoms with E-state index in [-0.39, 0.29) is 15.5 Å². The van der Waals surface area contributed by atoms with E-state index in [1.54, 1.807) is 0 Å². The highest BCUT2D eigenvalue weighted by molar-refractivity contribution is 6.74. The third kappa shape index (κ3) is 5.07. The molecule has 0 N–H and O–H groups in total. The van der Waals surface area contributed by atoms with Gasteiger partial charge in [0, 0.05) is 6.07 Å². The summed E-state index contributed by atoms with van der Waals surface area (Å²) in [6.07, 6.45) is 1.44. The minimum atomic E-state index is -2.05. The molecule has 1 heterocycles. The first-order chi connectivity index (χ1) is 10.6. The minimum Gasteiger partial charge on any atom is -0.539 e. The molecule has 0 radical (unpaired) electrons. The van der Waals surface area contributed by atoms with Crippen molar-refractivity contribution in [3.05, 3.63) is 28.3 Å². The summed E-state index contributed by atoms with van der Waals surface area (Å²) in [7, 11) is -3.92. The van der Waals surface area contributed by atoms with Gasteiger partial charge in [-0.25, -0.2) is 0 Å². The van der Waals surface area contributed by atoms with E-state index in [0.29, 0.717) is 18.1 Å². The monoisotopic (exact) mass is 370 g/mol. The van der Waals surface area contributed by atoms with Crippen LogP contribution in [-0.4, -0.2) is 16.6 Å². The van der Waals surface area contributed by atoms with Crippen molar-refractivity contribution in [1.82, 2.24) is 0 Å². The summed E-state index contributed by atoms with van der Waals surface area (Å²) < 4.78 is 17.8. The van der Waals surface area contributed by atoms with Crippen LogP contribution >= 0.6 is 0 Å². The second-order valence-corrected chi connectivity index (χ2v) is 19.0. The second kappa shape index (κ2) is 6.80. The first-order valence-corrected chi connectivity index (χ1v) is 14.3. The van der Waals surface area contributed by atoms with Gasteiger partial charge in [0.2, 0.25) is 5.43 Å². The molecule has 1 aromatic rings. The molecule has 0 atom stereocenters. The molecule has 0 saturated carbocycles. The zero-order chi connectivity index (χ0) is 19.0. The lowest BCUT2D eigenvalue weighted by molar-refractivity contribution is 0.241. The Hall–Kier alpha value is -0.856. The van der Waals surface area contributed by atoms with Crippen LogP contribution in [0.2, 0.25) is 36.3 Å². The average Bonchev–Trinajstić information content (AvgIpc) is 2.36. The molecule has 24 heavy (non-hydrogen) atoms. The minimum absolute atomic E-state index is 0.0313. The smallest absolute Gasteiger partial charge is 0.250 e. The maximum absolute atomic E-state index is 12.4. The van der Waals surface area contributed by atoms with E-state index in [2.05, 4.69) is 67.7 Å². The van der Waals surface area contributed by atoms with Crippen LogP contribution in [-0.2, 0) is 11.0 Å². The van der Waals surface area contributed by atoms with E-state index >= 15 is 0 Å². The maximum atomic E-state index is 12.4. The molecule has 6 heteroatoms. The van der Waals surface area contributed by atoms with Gasteiger partial charge in [0.05, 0.1) is 6.61 Å². The molecule has 0 amide bonds. The molecule has 1 aromatic heterocycles. The van der Waals surface area contributed by atoms with E-state index in [4.69, 9.17) is 13.3 Å². The van der Waals surface area contributed by atoms with Gasteiger partial charge in [-0.3, -0.25) is 4.79 Å². The first kappa shape index (κ1) is 21.2. The van der Waals surface area contributed by atoms with Crippen LogP contribution in [0.1, 0.15) is 47.3 Å². The van der Waals surface area contributed by atoms with E-state index in [1.165, 1.54) is 12.3 Å². The number of rotatable bonds is 5. The Bertz CT molecular complexity index is 619. The Morgan fingerprint density at radius 3 is 1.88 bits per heavy atom. The summed E-state index contributed by atoms with van der Waals surface area (Å²) in [4.78, 5) is 12.4. The van der Waals surface area contributed by atoms with Crippen molar-refractivity contribution in [2.24, 2.45) is 0 Å². The topological polar surface area (TPSA) is 48.7 Å². The van der Waals surface area contributed by atoms with Gasteiger partial charge >= 0.3 is 0 Å². The Kier molecular flexibility index (Phi) is 6.01. The van der Waals surface area contributed by atoms with Crippen LogP contribution in [0.5, 0.6) is 5.75 Å². The van der Waals surface area contributed by atoms with Crippen LogP contribution in [0.25, 0.3) is 0 Å². The number of hydrogen-bond donors (Lipinski definition) is 0. The highest BCUT2D eigenvalue weighted by Gasteiger charge is 2.40. The highest BCUT2D eigenvalue weighted by atomic mass is 28.4. The summed E-state index contributed by atoms with van der Waals surface area (Å²) in [5.74, 6) is 0.852. The highest BCUT2D eigenvalue weighted by Crippen LogP contribution is 2.38. The van der Waals surface area contributed by atoms with Gasteiger partial charge in [0.1, 0.15) is 12.0 Å². The standard InChI is InChI=1S/C18H34O4Si2/c1-17(2,3)23(7,8)21-12-14-11-15(19)16(13-20-14)22-24(9,10)18(4,5)6/h11,13H,12H2,1-10H3. The lowest BCUT2D eigenvalue weighted by Crippen LogP contribution is -2.44. The van der Waals surface area contributed by atoms with Gasteiger partial charge in [-0.2, -0.15) is 0 Å².